The molecule has 1 aliphatic rings. The lowest BCUT2D eigenvalue weighted by atomic mass is 9.78. The van der Waals surface area contributed by atoms with E-state index in [4.69, 9.17) is 0 Å². The molecule has 1 aliphatic heterocycles. The monoisotopic (exact) mass is 311 g/mol. The van der Waals surface area contributed by atoms with Gasteiger partial charge >= 0.3 is 0 Å². The van der Waals surface area contributed by atoms with Gasteiger partial charge in [0.25, 0.3) is 0 Å². The fourth-order valence-corrected chi connectivity index (χ4v) is 3.89. The van der Waals surface area contributed by atoms with E-state index < -0.39 is 0 Å². The quantitative estimate of drug-likeness (QED) is 0.923. The first-order chi connectivity index (χ1) is 10.8. The number of carbonyl (C=O) groups excluding carboxylic acids is 1. The third kappa shape index (κ3) is 2.67. The van der Waals surface area contributed by atoms with E-state index in [1.54, 1.807) is 0 Å². The highest BCUT2D eigenvalue weighted by atomic mass is 16.2. The summed E-state index contributed by atoms with van der Waals surface area (Å²) in [4.78, 5) is 15.1. The number of hydrogen-bond acceptors (Lipinski definition) is 2. The highest BCUT2D eigenvalue weighted by Crippen LogP contribution is 2.35. The number of nitrogens with one attached hydrogen (secondary N) is 1. The third-order valence-electron chi connectivity index (χ3n) is 4.99. The van der Waals surface area contributed by atoms with Crippen LogP contribution in [0.25, 0.3) is 0 Å². The SMILES string of the molecule is Cc1n[nH]c(C)c1C(C)C(=O)N1Cc2ccccc2C(C)(C)C1. The molecule has 4 heteroatoms. The second-order valence-corrected chi connectivity index (χ2v) is 7.30. The first-order valence-corrected chi connectivity index (χ1v) is 8.20. The Hall–Kier alpha value is -2.10. The van der Waals surface area contributed by atoms with Crippen molar-refractivity contribution < 1.29 is 4.79 Å². The largest absolute Gasteiger partial charge is 0.337 e. The molecule has 2 aromatic rings. The standard InChI is InChI=1S/C19H25N3O/c1-12(17-13(2)20-21-14(17)3)18(23)22-10-15-8-6-7-9-16(15)19(4,5)11-22/h6-9,12H,10-11H2,1-5H3,(H,20,21). The highest BCUT2D eigenvalue weighted by Gasteiger charge is 2.35. The van der Waals surface area contributed by atoms with Gasteiger partial charge in [-0.3, -0.25) is 9.89 Å². The molecule has 0 aliphatic carbocycles. The lowest BCUT2D eigenvalue weighted by Gasteiger charge is -2.41. The topological polar surface area (TPSA) is 49.0 Å². The second-order valence-electron chi connectivity index (χ2n) is 7.30. The van der Waals surface area contributed by atoms with Crippen molar-refractivity contribution in [3.63, 3.8) is 0 Å². The second kappa shape index (κ2) is 5.52. The summed E-state index contributed by atoms with van der Waals surface area (Å²) in [7, 11) is 0. The Morgan fingerprint density at radius 3 is 2.65 bits per heavy atom. The fraction of sp³-hybridized carbons (Fsp3) is 0.474. The Balaban J connectivity index is 1.90. The Bertz CT molecular complexity index is 725. The van der Waals surface area contributed by atoms with Gasteiger partial charge in [-0.2, -0.15) is 5.10 Å². The third-order valence-corrected chi connectivity index (χ3v) is 4.99. The zero-order chi connectivity index (χ0) is 16.8. The summed E-state index contributed by atoms with van der Waals surface area (Å²) in [6, 6.07) is 8.45. The minimum absolute atomic E-state index is 0.0231. The van der Waals surface area contributed by atoms with Crippen LogP contribution in [-0.4, -0.2) is 27.5 Å². The number of aromatic amines is 1. The molecule has 0 saturated carbocycles. The van der Waals surface area contributed by atoms with Crippen molar-refractivity contribution in [3.8, 4) is 0 Å². The molecule has 0 saturated heterocycles. The molecular formula is C19H25N3O. The molecule has 0 fully saturated rings. The summed E-state index contributed by atoms with van der Waals surface area (Å²) in [6.07, 6.45) is 0. The van der Waals surface area contributed by atoms with Crippen molar-refractivity contribution in [1.29, 1.82) is 0 Å². The van der Waals surface area contributed by atoms with E-state index in [9.17, 15) is 4.79 Å². The van der Waals surface area contributed by atoms with E-state index in [0.29, 0.717) is 6.54 Å². The van der Waals surface area contributed by atoms with Gasteiger partial charge in [-0.15, -0.1) is 0 Å². The van der Waals surface area contributed by atoms with Gasteiger partial charge in [0, 0.05) is 29.8 Å². The number of fused-ring (bicyclic) bond motifs is 1. The van der Waals surface area contributed by atoms with Crippen molar-refractivity contribution in [1.82, 2.24) is 15.1 Å². The number of aryl methyl sites for hydroxylation is 2. The average molecular weight is 311 g/mol. The summed E-state index contributed by atoms with van der Waals surface area (Å²) in [5, 5.41) is 7.22. The van der Waals surface area contributed by atoms with Crippen LogP contribution in [0.1, 0.15) is 54.8 Å². The van der Waals surface area contributed by atoms with Crippen molar-refractivity contribution in [2.75, 3.05) is 6.54 Å². The number of nitrogens with zero attached hydrogens (tertiary/aromatic N) is 2. The van der Waals surface area contributed by atoms with Gasteiger partial charge in [0.2, 0.25) is 5.91 Å². The predicted molar refractivity (Wildman–Crippen MR) is 91.4 cm³/mol. The van der Waals surface area contributed by atoms with Crippen LogP contribution < -0.4 is 0 Å². The normalized spacial score (nSPS) is 17.7. The number of amides is 1. The lowest BCUT2D eigenvalue weighted by Crippen LogP contribution is -2.46. The first kappa shape index (κ1) is 15.8. The Morgan fingerprint density at radius 1 is 1.30 bits per heavy atom. The molecule has 1 atom stereocenters. The molecule has 1 aromatic carbocycles. The van der Waals surface area contributed by atoms with Crippen LogP contribution in [0.2, 0.25) is 0 Å². The Morgan fingerprint density at radius 2 is 2.00 bits per heavy atom. The predicted octanol–water partition coefficient (Wildman–Crippen LogP) is 3.45. The molecular weight excluding hydrogens is 286 g/mol. The molecule has 1 amide bonds. The Kier molecular flexibility index (Phi) is 3.78. The van der Waals surface area contributed by atoms with Gasteiger partial charge in [0.1, 0.15) is 0 Å². The number of benzene rings is 1. The fourth-order valence-electron chi connectivity index (χ4n) is 3.89. The number of carbonyl (C=O) groups is 1. The molecule has 122 valence electrons. The molecule has 1 unspecified atom stereocenters. The van der Waals surface area contributed by atoms with Crippen LogP contribution in [0.3, 0.4) is 0 Å². The van der Waals surface area contributed by atoms with Crippen molar-refractivity contribution in [2.45, 2.75) is 52.5 Å². The number of aromatic nitrogens is 2. The summed E-state index contributed by atoms with van der Waals surface area (Å²) in [6.45, 7) is 11.8. The summed E-state index contributed by atoms with van der Waals surface area (Å²) < 4.78 is 0. The van der Waals surface area contributed by atoms with E-state index in [2.05, 4.69) is 48.3 Å². The van der Waals surface area contributed by atoms with Gasteiger partial charge in [0.05, 0.1) is 11.6 Å². The molecule has 0 radical (unpaired) electrons. The van der Waals surface area contributed by atoms with Crippen LogP contribution in [0.5, 0.6) is 0 Å². The molecule has 4 nitrogen and oxygen atoms in total. The van der Waals surface area contributed by atoms with Gasteiger partial charge in [-0.1, -0.05) is 38.1 Å². The molecule has 1 aromatic heterocycles. The van der Waals surface area contributed by atoms with Crippen LogP contribution in [0, 0.1) is 13.8 Å². The lowest BCUT2D eigenvalue weighted by molar-refractivity contribution is -0.134. The van der Waals surface area contributed by atoms with Crippen LogP contribution >= 0.6 is 0 Å². The van der Waals surface area contributed by atoms with Crippen molar-refractivity contribution in [2.24, 2.45) is 0 Å². The van der Waals surface area contributed by atoms with Gasteiger partial charge in [0.15, 0.2) is 0 Å². The van der Waals surface area contributed by atoms with E-state index in [-0.39, 0.29) is 17.2 Å². The van der Waals surface area contributed by atoms with Gasteiger partial charge in [-0.25, -0.2) is 0 Å². The maximum Gasteiger partial charge on any atom is 0.230 e. The first-order valence-electron chi connectivity index (χ1n) is 8.20. The summed E-state index contributed by atoms with van der Waals surface area (Å²) in [5.41, 5.74) is 5.52. The highest BCUT2D eigenvalue weighted by molar-refractivity contribution is 5.84. The molecule has 0 bridgehead atoms. The summed E-state index contributed by atoms with van der Waals surface area (Å²) >= 11 is 0. The van der Waals surface area contributed by atoms with Crippen LogP contribution in [0.4, 0.5) is 0 Å². The van der Waals surface area contributed by atoms with E-state index in [1.165, 1.54) is 11.1 Å². The van der Waals surface area contributed by atoms with Crippen molar-refractivity contribution in [3.05, 3.63) is 52.3 Å². The zero-order valence-electron chi connectivity index (χ0n) is 14.6. The number of H-pyrrole nitrogens is 1. The van der Waals surface area contributed by atoms with Gasteiger partial charge in [-0.05, 0) is 31.9 Å². The van der Waals surface area contributed by atoms with Crippen molar-refractivity contribution >= 4 is 5.91 Å². The van der Waals surface area contributed by atoms with E-state index >= 15 is 0 Å². The summed E-state index contributed by atoms with van der Waals surface area (Å²) in [5.74, 6) is 0.00925. The zero-order valence-corrected chi connectivity index (χ0v) is 14.6. The minimum Gasteiger partial charge on any atom is -0.337 e. The maximum atomic E-state index is 13.1. The van der Waals surface area contributed by atoms with E-state index in [1.807, 2.05) is 25.7 Å². The smallest absolute Gasteiger partial charge is 0.230 e. The molecule has 23 heavy (non-hydrogen) atoms. The van der Waals surface area contributed by atoms with Crippen LogP contribution in [0.15, 0.2) is 24.3 Å². The minimum atomic E-state index is -0.171. The number of rotatable bonds is 2. The van der Waals surface area contributed by atoms with Crippen LogP contribution in [-0.2, 0) is 16.8 Å². The molecule has 0 spiro atoms. The van der Waals surface area contributed by atoms with E-state index in [0.717, 1.165) is 23.5 Å². The molecule has 1 N–H and O–H groups in total. The Labute approximate surface area is 137 Å². The maximum absolute atomic E-state index is 13.1. The number of hydrogen-bond donors (Lipinski definition) is 1. The molecule has 2 heterocycles. The molecule has 3 rings (SSSR count). The average Bonchev–Trinajstić information content (AvgIpc) is 2.84. The van der Waals surface area contributed by atoms with Gasteiger partial charge < -0.3 is 4.90 Å².